The first-order valence-corrected chi connectivity index (χ1v) is 8.94. The van der Waals surface area contributed by atoms with E-state index in [1.807, 2.05) is 31.4 Å². The maximum atomic E-state index is 12.1. The van der Waals surface area contributed by atoms with Gasteiger partial charge in [0.05, 0.1) is 18.4 Å². The Bertz CT molecular complexity index is 690. The minimum absolute atomic E-state index is 0.0191. The molecule has 23 heavy (non-hydrogen) atoms. The molecule has 1 atom stereocenters. The number of nitrogens with one attached hydrogen (secondary N) is 1. The van der Waals surface area contributed by atoms with Crippen LogP contribution < -0.4 is 5.32 Å². The van der Waals surface area contributed by atoms with Gasteiger partial charge in [0, 0.05) is 4.88 Å². The number of thioether (sulfide) groups is 1. The Labute approximate surface area is 143 Å². The van der Waals surface area contributed by atoms with Gasteiger partial charge in [0.25, 0.3) is 0 Å². The molecule has 0 radical (unpaired) electrons. The Hall–Kier alpha value is -1.92. The van der Waals surface area contributed by atoms with Gasteiger partial charge in [-0.05, 0) is 34.7 Å². The Balaban J connectivity index is 1.93. The molecule has 0 fully saturated rings. The average Bonchev–Trinajstić information content (AvgIpc) is 3.17. The van der Waals surface area contributed by atoms with E-state index in [2.05, 4.69) is 26.9 Å². The lowest BCUT2D eigenvalue weighted by atomic mass is 9.90. The fourth-order valence-corrected chi connectivity index (χ4v) is 3.07. The SMILES string of the molecule is CC(C)C(C)(C#N)NC(=O)CSc1nnnn1Cc1cccs1. The summed E-state index contributed by atoms with van der Waals surface area (Å²) < 4.78 is 1.66. The molecule has 2 heterocycles. The van der Waals surface area contributed by atoms with E-state index in [4.69, 9.17) is 0 Å². The predicted octanol–water partition coefficient (Wildman–Crippen LogP) is 1.93. The summed E-state index contributed by atoms with van der Waals surface area (Å²) in [5, 5.41) is 26.1. The second-order valence-electron chi connectivity index (χ2n) is 5.50. The Morgan fingerprint density at radius 1 is 1.61 bits per heavy atom. The van der Waals surface area contributed by atoms with Gasteiger partial charge in [-0.1, -0.05) is 31.7 Å². The Kier molecular flexibility index (Phi) is 5.74. The van der Waals surface area contributed by atoms with E-state index < -0.39 is 5.54 Å². The summed E-state index contributed by atoms with van der Waals surface area (Å²) in [5.41, 5.74) is -0.874. The van der Waals surface area contributed by atoms with Crippen molar-refractivity contribution in [2.45, 2.75) is 38.0 Å². The average molecular weight is 350 g/mol. The Morgan fingerprint density at radius 3 is 3.00 bits per heavy atom. The van der Waals surface area contributed by atoms with Crippen LogP contribution in [0.5, 0.6) is 0 Å². The first-order chi connectivity index (χ1) is 10.9. The van der Waals surface area contributed by atoms with Crippen molar-refractivity contribution in [3.05, 3.63) is 22.4 Å². The minimum Gasteiger partial charge on any atom is -0.337 e. The monoisotopic (exact) mass is 350 g/mol. The second-order valence-corrected chi connectivity index (χ2v) is 7.48. The molecule has 1 N–H and O–H groups in total. The van der Waals surface area contributed by atoms with Gasteiger partial charge in [0.1, 0.15) is 5.54 Å². The molecule has 0 saturated carbocycles. The maximum absolute atomic E-state index is 12.1. The number of carbonyl (C=O) groups is 1. The van der Waals surface area contributed by atoms with Gasteiger partial charge < -0.3 is 5.32 Å². The van der Waals surface area contributed by atoms with E-state index in [-0.39, 0.29) is 17.6 Å². The van der Waals surface area contributed by atoms with Crippen LogP contribution in [0.4, 0.5) is 0 Å². The fourth-order valence-electron chi connectivity index (χ4n) is 1.71. The fraction of sp³-hybridized carbons (Fsp3) is 0.500. The summed E-state index contributed by atoms with van der Waals surface area (Å²) in [6.07, 6.45) is 0. The van der Waals surface area contributed by atoms with Crippen molar-refractivity contribution in [1.29, 1.82) is 5.26 Å². The smallest absolute Gasteiger partial charge is 0.231 e. The van der Waals surface area contributed by atoms with Crippen LogP contribution in [0.3, 0.4) is 0 Å². The number of hydrogen-bond acceptors (Lipinski definition) is 7. The summed E-state index contributed by atoms with van der Waals surface area (Å²) in [6.45, 7) is 6.11. The molecule has 0 spiro atoms. The standard InChI is InChI=1S/C14H18N6OS2/c1-10(2)14(3,9-15)16-12(21)8-23-13-17-18-19-20(13)7-11-5-4-6-22-11/h4-6,10H,7-8H2,1-3H3,(H,16,21). The van der Waals surface area contributed by atoms with Crippen molar-refractivity contribution < 1.29 is 4.79 Å². The topological polar surface area (TPSA) is 96.5 Å². The quantitative estimate of drug-likeness (QED) is 0.767. The molecule has 0 aliphatic rings. The lowest BCUT2D eigenvalue weighted by Gasteiger charge is -2.27. The van der Waals surface area contributed by atoms with Crippen LogP contribution in [0.25, 0.3) is 0 Å². The van der Waals surface area contributed by atoms with Gasteiger partial charge in [-0.2, -0.15) is 5.26 Å². The first-order valence-electron chi connectivity index (χ1n) is 7.08. The molecule has 0 saturated heterocycles. The maximum Gasteiger partial charge on any atom is 0.231 e. The second kappa shape index (κ2) is 7.57. The van der Waals surface area contributed by atoms with Crippen LogP contribution in [-0.2, 0) is 11.3 Å². The number of aromatic nitrogens is 4. The van der Waals surface area contributed by atoms with Gasteiger partial charge in [-0.25, -0.2) is 4.68 Å². The van der Waals surface area contributed by atoms with Crippen molar-refractivity contribution in [1.82, 2.24) is 25.5 Å². The van der Waals surface area contributed by atoms with Crippen molar-refractivity contribution in [2.75, 3.05) is 5.75 Å². The summed E-state index contributed by atoms with van der Waals surface area (Å²) in [6, 6.07) is 6.14. The number of tetrazole rings is 1. The molecule has 0 aliphatic carbocycles. The molecule has 122 valence electrons. The molecule has 2 aromatic rings. The van der Waals surface area contributed by atoms with Gasteiger partial charge in [-0.3, -0.25) is 4.79 Å². The third-order valence-electron chi connectivity index (χ3n) is 3.50. The molecule has 7 nitrogen and oxygen atoms in total. The van der Waals surface area contributed by atoms with Crippen LogP contribution >= 0.6 is 23.1 Å². The zero-order valence-electron chi connectivity index (χ0n) is 13.2. The highest BCUT2D eigenvalue weighted by atomic mass is 32.2. The van der Waals surface area contributed by atoms with E-state index in [1.165, 1.54) is 11.8 Å². The molecule has 1 unspecified atom stereocenters. The lowest BCUT2D eigenvalue weighted by molar-refractivity contribution is -0.120. The van der Waals surface area contributed by atoms with Gasteiger partial charge in [0.15, 0.2) is 0 Å². The highest BCUT2D eigenvalue weighted by molar-refractivity contribution is 7.99. The van der Waals surface area contributed by atoms with Crippen LogP contribution in [0.2, 0.25) is 0 Å². The molecule has 9 heteroatoms. The molecule has 2 aromatic heterocycles. The number of nitriles is 1. The number of amides is 1. The largest absolute Gasteiger partial charge is 0.337 e. The third kappa shape index (κ3) is 4.53. The molecule has 2 rings (SSSR count). The zero-order chi connectivity index (χ0) is 16.9. The van der Waals surface area contributed by atoms with E-state index in [9.17, 15) is 10.1 Å². The summed E-state index contributed by atoms with van der Waals surface area (Å²) in [4.78, 5) is 13.2. The van der Waals surface area contributed by atoms with Crippen LogP contribution in [0.15, 0.2) is 22.7 Å². The summed E-state index contributed by atoms with van der Waals surface area (Å²) >= 11 is 2.88. The molecule has 0 bridgehead atoms. The molecular formula is C14H18N6OS2. The van der Waals surface area contributed by atoms with E-state index >= 15 is 0 Å². The van der Waals surface area contributed by atoms with Crippen molar-refractivity contribution in [2.24, 2.45) is 5.92 Å². The zero-order valence-corrected chi connectivity index (χ0v) is 14.8. The highest BCUT2D eigenvalue weighted by Gasteiger charge is 2.30. The summed E-state index contributed by atoms with van der Waals surface area (Å²) in [5.74, 6) is -0.0292. The van der Waals surface area contributed by atoms with Gasteiger partial charge in [-0.15, -0.1) is 16.4 Å². The number of thiophene rings is 1. The number of rotatable bonds is 7. The molecule has 0 aliphatic heterocycles. The van der Waals surface area contributed by atoms with Crippen LogP contribution in [0.1, 0.15) is 25.6 Å². The molecule has 1 amide bonds. The lowest BCUT2D eigenvalue weighted by Crippen LogP contribution is -2.49. The highest BCUT2D eigenvalue weighted by Crippen LogP contribution is 2.19. The van der Waals surface area contributed by atoms with E-state index in [1.54, 1.807) is 22.9 Å². The Morgan fingerprint density at radius 2 is 2.39 bits per heavy atom. The van der Waals surface area contributed by atoms with Crippen LogP contribution in [0, 0.1) is 17.2 Å². The van der Waals surface area contributed by atoms with E-state index in [0.29, 0.717) is 11.7 Å². The minimum atomic E-state index is -0.874. The molecular weight excluding hydrogens is 332 g/mol. The molecule has 0 aromatic carbocycles. The third-order valence-corrected chi connectivity index (χ3v) is 5.32. The number of carbonyl (C=O) groups excluding carboxylic acids is 1. The predicted molar refractivity (Wildman–Crippen MR) is 89.0 cm³/mol. The first kappa shape index (κ1) is 17.4. The normalized spacial score (nSPS) is 13.5. The number of hydrogen-bond donors (Lipinski definition) is 1. The summed E-state index contributed by atoms with van der Waals surface area (Å²) in [7, 11) is 0. The van der Waals surface area contributed by atoms with Gasteiger partial charge >= 0.3 is 0 Å². The van der Waals surface area contributed by atoms with Gasteiger partial charge in [0.2, 0.25) is 11.1 Å². The van der Waals surface area contributed by atoms with Crippen molar-refractivity contribution in [3.63, 3.8) is 0 Å². The number of nitrogens with zero attached hydrogens (tertiary/aromatic N) is 5. The van der Waals surface area contributed by atoms with Crippen LogP contribution in [-0.4, -0.2) is 37.4 Å². The van der Waals surface area contributed by atoms with Crippen molar-refractivity contribution in [3.8, 4) is 6.07 Å². The van der Waals surface area contributed by atoms with Crippen molar-refractivity contribution >= 4 is 29.0 Å². The van der Waals surface area contributed by atoms with E-state index in [0.717, 1.165) is 4.88 Å².